The van der Waals surface area contributed by atoms with Gasteiger partial charge in [-0.25, -0.2) is 8.42 Å². The molecule has 0 aliphatic carbocycles. The van der Waals surface area contributed by atoms with Crippen LogP contribution in [-0.2, 0) is 21.4 Å². The lowest BCUT2D eigenvalue weighted by atomic mass is 10.0. The molecule has 33 heavy (non-hydrogen) atoms. The van der Waals surface area contributed by atoms with Crippen molar-refractivity contribution in [3.63, 3.8) is 0 Å². The molecule has 1 heterocycles. The molecule has 1 aliphatic heterocycles. The van der Waals surface area contributed by atoms with E-state index in [9.17, 15) is 18.0 Å². The second-order valence-corrected chi connectivity index (χ2v) is 11.0. The molecule has 0 spiro atoms. The van der Waals surface area contributed by atoms with Crippen molar-refractivity contribution in [3.05, 3.63) is 64.7 Å². The molecule has 2 N–H and O–H groups in total. The third-order valence-corrected chi connectivity index (χ3v) is 7.69. The van der Waals surface area contributed by atoms with Crippen molar-refractivity contribution >= 4 is 33.4 Å². The molecule has 0 radical (unpaired) electrons. The van der Waals surface area contributed by atoms with Gasteiger partial charge in [0.1, 0.15) is 6.04 Å². The quantitative estimate of drug-likeness (QED) is 0.560. The van der Waals surface area contributed by atoms with Crippen molar-refractivity contribution in [2.24, 2.45) is 5.92 Å². The molecule has 0 bridgehead atoms. The number of benzene rings is 2. The predicted octanol–water partition coefficient (Wildman–Crippen LogP) is 3.59. The number of hydrogen-bond donors (Lipinski definition) is 2. The molecular formula is C24H30ClN3O4S. The Labute approximate surface area is 200 Å². The van der Waals surface area contributed by atoms with E-state index in [1.165, 1.54) is 4.31 Å². The maximum atomic E-state index is 12.8. The fraction of sp³-hybridized carbons (Fsp3) is 0.417. The van der Waals surface area contributed by atoms with Gasteiger partial charge in [0.25, 0.3) is 5.91 Å². The van der Waals surface area contributed by atoms with Crippen molar-refractivity contribution in [3.8, 4) is 0 Å². The molecule has 9 heteroatoms. The van der Waals surface area contributed by atoms with Gasteiger partial charge < -0.3 is 10.6 Å². The van der Waals surface area contributed by atoms with Crippen molar-refractivity contribution in [2.75, 3.05) is 13.1 Å². The van der Waals surface area contributed by atoms with Gasteiger partial charge in [-0.1, -0.05) is 37.6 Å². The molecule has 2 aromatic rings. The second kappa shape index (κ2) is 11.1. The summed E-state index contributed by atoms with van der Waals surface area (Å²) in [6, 6.07) is 12.3. The van der Waals surface area contributed by atoms with E-state index in [4.69, 9.17) is 11.6 Å². The molecule has 1 atom stereocenters. The van der Waals surface area contributed by atoms with Gasteiger partial charge in [0.15, 0.2) is 0 Å². The van der Waals surface area contributed by atoms with Crippen LogP contribution in [0, 0.1) is 5.92 Å². The van der Waals surface area contributed by atoms with Crippen LogP contribution in [0.1, 0.15) is 49.0 Å². The number of hydrogen-bond acceptors (Lipinski definition) is 4. The molecule has 0 saturated carbocycles. The van der Waals surface area contributed by atoms with Crippen LogP contribution in [0.4, 0.5) is 0 Å². The maximum Gasteiger partial charge on any atom is 0.251 e. The topological polar surface area (TPSA) is 95.6 Å². The molecule has 1 saturated heterocycles. The Kier molecular flexibility index (Phi) is 8.51. The Morgan fingerprint density at radius 3 is 2.18 bits per heavy atom. The fourth-order valence-electron chi connectivity index (χ4n) is 3.71. The van der Waals surface area contributed by atoms with Gasteiger partial charge in [-0.2, -0.15) is 4.31 Å². The number of halogens is 1. The molecule has 2 amide bonds. The van der Waals surface area contributed by atoms with Crippen molar-refractivity contribution < 1.29 is 18.0 Å². The smallest absolute Gasteiger partial charge is 0.251 e. The van der Waals surface area contributed by atoms with Gasteiger partial charge in [0.2, 0.25) is 15.9 Å². The summed E-state index contributed by atoms with van der Waals surface area (Å²) in [6.45, 7) is 5.30. The van der Waals surface area contributed by atoms with Crippen LogP contribution in [0.25, 0.3) is 0 Å². The lowest BCUT2D eigenvalue weighted by Gasteiger charge is -2.20. The van der Waals surface area contributed by atoms with Gasteiger partial charge in [-0.05, 0) is 67.1 Å². The summed E-state index contributed by atoms with van der Waals surface area (Å²) >= 11 is 5.88. The largest absolute Gasteiger partial charge is 0.350 e. The average molecular weight is 492 g/mol. The van der Waals surface area contributed by atoms with Gasteiger partial charge in [0.05, 0.1) is 4.90 Å². The Balaban J connectivity index is 1.61. The summed E-state index contributed by atoms with van der Waals surface area (Å²) in [6.07, 6.45) is 2.25. The van der Waals surface area contributed by atoms with Crippen LogP contribution in [0.2, 0.25) is 5.02 Å². The highest BCUT2D eigenvalue weighted by Gasteiger charge is 2.27. The lowest BCUT2D eigenvalue weighted by molar-refractivity contribution is -0.123. The first-order chi connectivity index (χ1) is 15.7. The Hall–Kier alpha value is -2.42. The molecule has 2 aromatic carbocycles. The van der Waals surface area contributed by atoms with E-state index >= 15 is 0 Å². The van der Waals surface area contributed by atoms with Crippen molar-refractivity contribution in [2.45, 2.75) is 50.6 Å². The third kappa shape index (κ3) is 6.79. The first-order valence-corrected chi connectivity index (χ1v) is 12.9. The number of rotatable bonds is 9. The molecule has 1 fully saturated rings. The van der Waals surface area contributed by atoms with E-state index in [1.807, 2.05) is 13.8 Å². The summed E-state index contributed by atoms with van der Waals surface area (Å²) in [7, 11) is -3.47. The van der Waals surface area contributed by atoms with Crippen LogP contribution in [0.3, 0.4) is 0 Å². The van der Waals surface area contributed by atoms with Crippen LogP contribution < -0.4 is 10.6 Å². The summed E-state index contributed by atoms with van der Waals surface area (Å²) in [5.41, 5.74) is 1.20. The maximum absolute atomic E-state index is 12.8. The number of carbonyl (C=O) groups excluding carboxylic acids is 2. The second-order valence-electron chi connectivity index (χ2n) is 8.64. The first-order valence-electron chi connectivity index (χ1n) is 11.1. The van der Waals surface area contributed by atoms with Gasteiger partial charge in [-0.15, -0.1) is 0 Å². The normalized spacial score (nSPS) is 15.4. The predicted molar refractivity (Wildman–Crippen MR) is 128 cm³/mol. The zero-order valence-corrected chi connectivity index (χ0v) is 20.5. The van der Waals surface area contributed by atoms with E-state index < -0.39 is 16.1 Å². The monoisotopic (exact) mass is 491 g/mol. The zero-order valence-electron chi connectivity index (χ0n) is 18.9. The van der Waals surface area contributed by atoms with Gasteiger partial charge in [0, 0.05) is 30.2 Å². The van der Waals surface area contributed by atoms with Crippen molar-refractivity contribution in [1.82, 2.24) is 14.9 Å². The summed E-state index contributed by atoms with van der Waals surface area (Å²) in [4.78, 5) is 25.7. The Morgan fingerprint density at radius 1 is 1.00 bits per heavy atom. The average Bonchev–Trinajstić information content (AvgIpc) is 3.33. The number of sulfonamides is 1. The van der Waals surface area contributed by atoms with Crippen LogP contribution >= 0.6 is 11.6 Å². The minimum absolute atomic E-state index is 0.196. The van der Waals surface area contributed by atoms with E-state index in [0.29, 0.717) is 30.1 Å². The number of amides is 2. The van der Waals surface area contributed by atoms with E-state index in [2.05, 4.69) is 10.6 Å². The molecule has 3 rings (SSSR count). The Bertz CT molecular complexity index is 1060. The van der Waals surface area contributed by atoms with Gasteiger partial charge in [-0.3, -0.25) is 9.59 Å². The highest BCUT2D eigenvalue weighted by Crippen LogP contribution is 2.21. The molecule has 1 aliphatic rings. The highest BCUT2D eigenvalue weighted by molar-refractivity contribution is 7.89. The van der Waals surface area contributed by atoms with Crippen molar-refractivity contribution in [1.29, 1.82) is 0 Å². The minimum Gasteiger partial charge on any atom is -0.350 e. The SMILES string of the molecule is CC(C)CC(NC(=O)c1ccc(Cl)cc1)C(=O)NCc1ccc(S(=O)(=O)N2CCCC2)cc1. The highest BCUT2D eigenvalue weighted by atomic mass is 35.5. The first kappa shape index (κ1) is 25.2. The Morgan fingerprint density at radius 2 is 1.61 bits per heavy atom. The molecule has 1 unspecified atom stereocenters. The van der Waals surface area contributed by atoms with Crippen LogP contribution in [0.15, 0.2) is 53.4 Å². The van der Waals surface area contributed by atoms with Crippen LogP contribution in [-0.4, -0.2) is 43.7 Å². The summed E-state index contributed by atoms with van der Waals surface area (Å²) in [5, 5.41) is 6.18. The van der Waals surface area contributed by atoms with Crippen LogP contribution in [0.5, 0.6) is 0 Å². The minimum atomic E-state index is -3.47. The number of carbonyl (C=O) groups is 2. The molecule has 178 valence electrons. The number of nitrogens with one attached hydrogen (secondary N) is 2. The molecular weight excluding hydrogens is 462 g/mol. The lowest BCUT2D eigenvalue weighted by Crippen LogP contribution is -2.47. The van der Waals surface area contributed by atoms with E-state index in [-0.39, 0.29) is 29.2 Å². The molecule has 7 nitrogen and oxygen atoms in total. The zero-order chi connectivity index (χ0) is 24.0. The molecule has 0 aromatic heterocycles. The van der Waals surface area contributed by atoms with Gasteiger partial charge >= 0.3 is 0 Å². The van der Waals surface area contributed by atoms with E-state index in [0.717, 1.165) is 18.4 Å². The fourth-order valence-corrected chi connectivity index (χ4v) is 5.36. The summed E-state index contributed by atoms with van der Waals surface area (Å²) < 4.78 is 26.8. The summed E-state index contributed by atoms with van der Waals surface area (Å²) in [5.74, 6) is -0.440. The standard InChI is InChI=1S/C24H30ClN3O4S/c1-17(2)15-22(27-23(29)19-7-9-20(25)10-8-19)24(30)26-16-18-5-11-21(12-6-18)33(31,32)28-13-3-4-14-28/h5-12,17,22H,3-4,13-16H2,1-2H3,(H,26,30)(H,27,29). The number of nitrogens with zero attached hydrogens (tertiary/aromatic N) is 1. The third-order valence-electron chi connectivity index (χ3n) is 5.53. The van der Waals surface area contributed by atoms with E-state index in [1.54, 1.807) is 48.5 Å².